The maximum Gasteiger partial charge on any atom is 0.332 e. The van der Waals surface area contributed by atoms with E-state index in [4.69, 9.17) is 5.10 Å². The minimum atomic E-state index is -0.479. The van der Waals surface area contributed by atoms with Crippen molar-refractivity contribution in [1.29, 1.82) is 0 Å². The Hall–Kier alpha value is -4.79. The largest absolute Gasteiger partial charge is 0.332 e. The lowest BCUT2D eigenvalue weighted by atomic mass is 10.1. The van der Waals surface area contributed by atoms with Crippen LogP contribution in [0.1, 0.15) is 21.5 Å². The normalized spacial score (nSPS) is 11.1. The standard InChI is InChI=1S/C27H24N6O3/c1-17-9-11-19(12-10-17)23-22(16-33(30-23)15-18-7-5-4-6-8-18)25(34)29-20-13-21-24(28-14-20)31(2)27(36)32(3)26(21)35/h4-14,16H,15H2,1-3H3,(H,29,34). The summed E-state index contributed by atoms with van der Waals surface area (Å²) in [5.74, 6) is -0.382. The molecule has 0 aliphatic heterocycles. The molecule has 0 fully saturated rings. The Morgan fingerprint density at radius 3 is 2.42 bits per heavy atom. The van der Waals surface area contributed by atoms with E-state index in [0.29, 0.717) is 23.5 Å². The van der Waals surface area contributed by atoms with Gasteiger partial charge in [-0.05, 0) is 18.6 Å². The van der Waals surface area contributed by atoms with Crippen molar-refractivity contribution in [2.75, 3.05) is 5.32 Å². The molecule has 1 amide bonds. The number of nitrogens with zero attached hydrogens (tertiary/aromatic N) is 5. The smallest absolute Gasteiger partial charge is 0.320 e. The fourth-order valence-corrected chi connectivity index (χ4v) is 4.10. The average molecular weight is 481 g/mol. The minimum absolute atomic E-state index is 0.232. The predicted octanol–water partition coefficient (Wildman–Crippen LogP) is 3.10. The highest BCUT2D eigenvalue weighted by atomic mass is 16.2. The summed E-state index contributed by atoms with van der Waals surface area (Å²) in [6.45, 7) is 2.51. The van der Waals surface area contributed by atoms with E-state index in [9.17, 15) is 14.4 Å². The first kappa shape index (κ1) is 23.0. The molecule has 5 rings (SSSR count). The number of carbonyl (C=O) groups is 1. The van der Waals surface area contributed by atoms with Crippen LogP contribution >= 0.6 is 0 Å². The third-order valence-electron chi connectivity index (χ3n) is 6.07. The molecule has 0 aliphatic carbocycles. The van der Waals surface area contributed by atoms with Gasteiger partial charge in [0.15, 0.2) is 0 Å². The van der Waals surface area contributed by atoms with E-state index in [-0.39, 0.29) is 16.9 Å². The summed E-state index contributed by atoms with van der Waals surface area (Å²) < 4.78 is 4.05. The molecule has 36 heavy (non-hydrogen) atoms. The molecule has 0 spiro atoms. The number of amides is 1. The van der Waals surface area contributed by atoms with E-state index in [1.165, 1.54) is 23.9 Å². The molecule has 0 saturated carbocycles. The first-order valence-corrected chi connectivity index (χ1v) is 11.4. The van der Waals surface area contributed by atoms with Gasteiger partial charge in [0.2, 0.25) is 0 Å². The zero-order valence-corrected chi connectivity index (χ0v) is 20.1. The molecular formula is C27H24N6O3. The highest BCUT2D eigenvalue weighted by molar-refractivity contribution is 6.08. The summed E-state index contributed by atoms with van der Waals surface area (Å²) in [5, 5.41) is 7.79. The zero-order chi connectivity index (χ0) is 25.4. The number of aryl methyl sites for hydroxylation is 2. The van der Waals surface area contributed by atoms with E-state index >= 15 is 0 Å². The summed E-state index contributed by atoms with van der Waals surface area (Å²) in [4.78, 5) is 42.5. The molecular weight excluding hydrogens is 456 g/mol. The molecule has 9 heteroatoms. The lowest BCUT2D eigenvalue weighted by Crippen LogP contribution is -2.37. The summed E-state index contributed by atoms with van der Waals surface area (Å²) >= 11 is 0. The van der Waals surface area contributed by atoms with Gasteiger partial charge in [0.25, 0.3) is 11.5 Å². The van der Waals surface area contributed by atoms with Crippen molar-refractivity contribution >= 4 is 22.6 Å². The van der Waals surface area contributed by atoms with Crippen LogP contribution in [0.25, 0.3) is 22.3 Å². The number of aromatic nitrogens is 5. The molecule has 2 aromatic carbocycles. The van der Waals surface area contributed by atoms with Crippen LogP contribution in [-0.4, -0.2) is 29.8 Å². The van der Waals surface area contributed by atoms with Crippen LogP contribution in [0.2, 0.25) is 0 Å². The number of rotatable bonds is 5. The van der Waals surface area contributed by atoms with Crippen molar-refractivity contribution in [3.8, 4) is 11.3 Å². The van der Waals surface area contributed by atoms with Gasteiger partial charge in [0.1, 0.15) is 11.3 Å². The van der Waals surface area contributed by atoms with E-state index in [2.05, 4.69) is 10.3 Å². The highest BCUT2D eigenvalue weighted by Crippen LogP contribution is 2.24. The van der Waals surface area contributed by atoms with E-state index in [1.54, 1.807) is 17.9 Å². The maximum absolute atomic E-state index is 13.4. The van der Waals surface area contributed by atoms with Crippen molar-refractivity contribution < 1.29 is 4.79 Å². The molecule has 0 saturated heterocycles. The first-order valence-electron chi connectivity index (χ1n) is 11.4. The molecule has 9 nitrogen and oxygen atoms in total. The fraction of sp³-hybridized carbons (Fsp3) is 0.148. The molecule has 0 aliphatic rings. The van der Waals surface area contributed by atoms with E-state index < -0.39 is 11.2 Å². The third-order valence-corrected chi connectivity index (χ3v) is 6.07. The Balaban J connectivity index is 1.53. The van der Waals surface area contributed by atoms with Crippen LogP contribution in [-0.2, 0) is 20.6 Å². The molecule has 5 aromatic rings. The second-order valence-electron chi connectivity index (χ2n) is 8.70. The van der Waals surface area contributed by atoms with Crippen LogP contribution in [0.5, 0.6) is 0 Å². The Morgan fingerprint density at radius 1 is 0.972 bits per heavy atom. The van der Waals surface area contributed by atoms with Gasteiger partial charge in [-0.3, -0.25) is 23.4 Å². The Labute approximate surface area is 206 Å². The summed E-state index contributed by atoms with van der Waals surface area (Å²) in [7, 11) is 2.95. The zero-order valence-electron chi connectivity index (χ0n) is 20.1. The van der Waals surface area contributed by atoms with Crippen LogP contribution in [0.4, 0.5) is 5.69 Å². The van der Waals surface area contributed by atoms with Gasteiger partial charge in [-0.2, -0.15) is 5.10 Å². The monoisotopic (exact) mass is 480 g/mol. The van der Waals surface area contributed by atoms with E-state index in [0.717, 1.165) is 21.3 Å². The number of fused-ring (bicyclic) bond motifs is 1. The molecule has 0 unspecified atom stereocenters. The molecule has 0 bridgehead atoms. The van der Waals surface area contributed by atoms with Crippen LogP contribution in [0, 0.1) is 6.92 Å². The second kappa shape index (κ2) is 9.10. The highest BCUT2D eigenvalue weighted by Gasteiger charge is 2.19. The summed E-state index contributed by atoms with van der Waals surface area (Å²) in [6, 6.07) is 19.2. The Kier molecular flexibility index (Phi) is 5.81. The lowest BCUT2D eigenvalue weighted by Gasteiger charge is -2.09. The first-order chi connectivity index (χ1) is 17.3. The van der Waals surface area contributed by atoms with E-state index in [1.807, 2.05) is 61.5 Å². The Morgan fingerprint density at radius 2 is 1.69 bits per heavy atom. The van der Waals surface area contributed by atoms with Gasteiger partial charge in [-0.15, -0.1) is 0 Å². The lowest BCUT2D eigenvalue weighted by molar-refractivity contribution is 0.102. The fourth-order valence-electron chi connectivity index (χ4n) is 4.10. The van der Waals surface area contributed by atoms with Crippen molar-refractivity contribution in [1.82, 2.24) is 23.9 Å². The summed E-state index contributed by atoms with van der Waals surface area (Å²) in [6.07, 6.45) is 3.15. The average Bonchev–Trinajstić information content (AvgIpc) is 3.31. The molecule has 1 N–H and O–H groups in total. The maximum atomic E-state index is 13.4. The number of carbonyl (C=O) groups excluding carboxylic acids is 1. The van der Waals surface area contributed by atoms with Gasteiger partial charge in [0, 0.05) is 25.9 Å². The molecule has 3 heterocycles. The quantitative estimate of drug-likeness (QED) is 0.416. The molecule has 180 valence electrons. The van der Waals surface area contributed by atoms with Gasteiger partial charge >= 0.3 is 5.69 Å². The SMILES string of the molecule is Cc1ccc(-c2nn(Cc3ccccc3)cc2C(=O)Nc2cnc3c(c2)c(=O)n(C)c(=O)n3C)cc1. The third kappa shape index (κ3) is 4.22. The van der Waals surface area contributed by atoms with Crippen molar-refractivity contribution in [2.24, 2.45) is 14.1 Å². The number of hydrogen-bond donors (Lipinski definition) is 1. The van der Waals surface area contributed by atoms with Gasteiger partial charge in [-0.25, -0.2) is 9.78 Å². The minimum Gasteiger partial charge on any atom is -0.320 e. The molecule has 3 aromatic heterocycles. The number of benzene rings is 2. The number of pyridine rings is 1. The Bertz CT molecular complexity index is 1710. The van der Waals surface area contributed by atoms with Gasteiger partial charge < -0.3 is 5.32 Å². The van der Waals surface area contributed by atoms with Gasteiger partial charge in [0.05, 0.1) is 29.4 Å². The van der Waals surface area contributed by atoms with Crippen LogP contribution < -0.4 is 16.6 Å². The number of hydrogen-bond acceptors (Lipinski definition) is 5. The predicted molar refractivity (Wildman–Crippen MR) is 138 cm³/mol. The number of nitrogens with one attached hydrogen (secondary N) is 1. The second-order valence-corrected chi connectivity index (χ2v) is 8.70. The number of anilines is 1. The van der Waals surface area contributed by atoms with Crippen molar-refractivity contribution in [3.63, 3.8) is 0 Å². The summed E-state index contributed by atoms with van der Waals surface area (Å²) in [5.41, 5.74) is 3.57. The van der Waals surface area contributed by atoms with Crippen molar-refractivity contribution in [2.45, 2.75) is 13.5 Å². The van der Waals surface area contributed by atoms with Crippen LogP contribution in [0.3, 0.4) is 0 Å². The van der Waals surface area contributed by atoms with Crippen LogP contribution in [0.15, 0.2) is 82.6 Å². The van der Waals surface area contributed by atoms with Crippen molar-refractivity contribution in [3.05, 3.63) is 111 Å². The van der Waals surface area contributed by atoms with Gasteiger partial charge in [-0.1, -0.05) is 60.2 Å². The topological polar surface area (TPSA) is 104 Å². The molecule has 0 radical (unpaired) electrons. The molecule has 0 atom stereocenters.